The molecule has 22 heavy (non-hydrogen) atoms. The molecule has 1 aromatic rings. The summed E-state index contributed by atoms with van der Waals surface area (Å²) < 4.78 is 0. The predicted molar refractivity (Wildman–Crippen MR) is 83.9 cm³/mol. The highest BCUT2D eigenvalue weighted by molar-refractivity contribution is 5.79. The molecule has 0 radical (unpaired) electrons. The first-order valence-corrected chi connectivity index (χ1v) is 8.80. The third kappa shape index (κ3) is 2.45. The van der Waals surface area contributed by atoms with E-state index in [1.165, 1.54) is 24.8 Å². The molecule has 0 aromatic carbocycles. The molecule has 3 atom stereocenters. The van der Waals surface area contributed by atoms with Gasteiger partial charge in [-0.2, -0.15) is 5.10 Å². The normalized spacial score (nSPS) is 37.4. The second-order valence-electron chi connectivity index (χ2n) is 7.46. The number of hydrogen-bond acceptors (Lipinski definition) is 3. The van der Waals surface area contributed by atoms with Crippen molar-refractivity contribution in [2.75, 3.05) is 0 Å². The van der Waals surface area contributed by atoms with Gasteiger partial charge in [0.1, 0.15) is 0 Å². The summed E-state index contributed by atoms with van der Waals surface area (Å²) in [4.78, 5) is 12.7. The number of carbonyl (C=O) groups is 1. The van der Waals surface area contributed by atoms with Crippen LogP contribution >= 0.6 is 0 Å². The zero-order valence-electron chi connectivity index (χ0n) is 13.1. The maximum absolute atomic E-state index is 12.7. The van der Waals surface area contributed by atoms with Gasteiger partial charge in [0.25, 0.3) is 0 Å². The van der Waals surface area contributed by atoms with Crippen LogP contribution in [0.5, 0.6) is 0 Å². The predicted octanol–water partition coefficient (Wildman–Crippen LogP) is 2.06. The molecule has 1 amide bonds. The number of carbonyl (C=O) groups excluding carboxylic acids is 1. The van der Waals surface area contributed by atoms with Crippen LogP contribution in [0.2, 0.25) is 0 Å². The molecule has 4 N–H and O–H groups in total. The van der Waals surface area contributed by atoms with Crippen molar-refractivity contribution in [1.29, 1.82) is 0 Å². The fraction of sp³-hybridized carbons (Fsp3) is 0.765. The summed E-state index contributed by atoms with van der Waals surface area (Å²) in [6.45, 7) is 0. The van der Waals surface area contributed by atoms with E-state index < -0.39 is 0 Å². The minimum absolute atomic E-state index is 0.120. The van der Waals surface area contributed by atoms with Gasteiger partial charge in [-0.25, -0.2) is 0 Å². The number of rotatable bonds is 2. The van der Waals surface area contributed by atoms with E-state index in [-0.39, 0.29) is 17.9 Å². The first-order chi connectivity index (χ1) is 10.7. The van der Waals surface area contributed by atoms with Crippen molar-refractivity contribution >= 4 is 5.91 Å². The summed E-state index contributed by atoms with van der Waals surface area (Å²) in [5.41, 5.74) is 8.72. The molecular weight excluding hydrogens is 276 g/mol. The Labute approximate surface area is 131 Å². The summed E-state index contributed by atoms with van der Waals surface area (Å²) >= 11 is 0. The van der Waals surface area contributed by atoms with Crippen molar-refractivity contribution in [3.63, 3.8) is 0 Å². The molecule has 4 rings (SSSR count). The molecule has 2 saturated carbocycles. The lowest BCUT2D eigenvalue weighted by Gasteiger charge is -2.43. The summed E-state index contributed by atoms with van der Waals surface area (Å²) in [5, 5.41) is 10.5. The second-order valence-corrected chi connectivity index (χ2v) is 7.46. The van der Waals surface area contributed by atoms with Crippen LogP contribution in [0.15, 0.2) is 6.20 Å². The SMILES string of the molecule is NC1C2CCCC1CC(C(=O)NC1CCCc3cn[nH]c31)C2. The molecule has 120 valence electrons. The standard InChI is InChI=1S/C17H26N4O/c18-15-10-3-1-4-11(15)8-13(7-10)17(22)20-14-6-2-5-12-9-19-21-16(12)14/h9-11,13-15H,1-8,18H2,(H,19,21)(H,20,22). The van der Waals surface area contributed by atoms with E-state index in [0.717, 1.165) is 37.8 Å². The van der Waals surface area contributed by atoms with Crippen molar-refractivity contribution in [3.05, 3.63) is 17.5 Å². The number of amides is 1. The summed E-state index contributed by atoms with van der Waals surface area (Å²) in [7, 11) is 0. The Bertz CT molecular complexity index is 541. The van der Waals surface area contributed by atoms with Gasteiger partial charge in [0.05, 0.1) is 17.9 Å². The van der Waals surface area contributed by atoms with E-state index in [4.69, 9.17) is 5.73 Å². The van der Waals surface area contributed by atoms with Crippen LogP contribution in [0.3, 0.4) is 0 Å². The molecule has 2 fully saturated rings. The zero-order chi connectivity index (χ0) is 15.1. The van der Waals surface area contributed by atoms with Gasteiger partial charge in [-0.05, 0) is 62.3 Å². The Morgan fingerprint density at radius 1 is 1.23 bits per heavy atom. The maximum atomic E-state index is 12.7. The molecular formula is C17H26N4O. The van der Waals surface area contributed by atoms with Gasteiger partial charge in [0.2, 0.25) is 5.91 Å². The minimum atomic E-state index is 0.120. The Hall–Kier alpha value is -1.36. The molecule has 0 aliphatic heterocycles. The zero-order valence-corrected chi connectivity index (χ0v) is 13.1. The lowest BCUT2D eigenvalue weighted by Crippen LogP contribution is -2.49. The van der Waals surface area contributed by atoms with Crippen LogP contribution in [0.4, 0.5) is 0 Å². The number of nitrogens with one attached hydrogen (secondary N) is 2. The van der Waals surface area contributed by atoms with E-state index in [0.29, 0.717) is 17.9 Å². The third-order valence-electron chi connectivity index (χ3n) is 6.14. The molecule has 1 heterocycles. The summed E-state index contributed by atoms with van der Waals surface area (Å²) in [5.74, 6) is 1.49. The Morgan fingerprint density at radius 2 is 2.00 bits per heavy atom. The maximum Gasteiger partial charge on any atom is 0.223 e. The molecule has 3 aliphatic rings. The number of aromatic amines is 1. The van der Waals surface area contributed by atoms with Gasteiger partial charge in [0.15, 0.2) is 0 Å². The molecule has 1 aromatic heterocycles. The quantitative estimate of drug-likeness (QED) is 0.782. The van der Waals surface area contributed by atoms with Crippen molar-refractivity contribution in [2.45, 2.75) is 63.5 Å². The highest BCUT2D eigenvalue weighted by Crippen LogP contribution is 2.42. The number of H-pyrrole nitrogens is 1. The van der Waals surface area contributed by atoms with Crippen LogP contribution in [-0.4, -0.2) is 22.1 Å². The van der Waals surface area contributed by atoms with E-state index in [1.807, 2.05) is 6.20 Å². The van der Waals surface area contributed by atoms with Gasteiger partial charge in [-0.1, -0.05) is 6.42 Å². The molecule has 3 unspecified atom stereocenters. The average molecular weight is 302 g/mol. The first kappa shape index (κ1) is 14.2. The topological polar surface area (TPSA) is 83.8 Å². The molecule has 5 heteroatoms. The third-order valence-corrected chi connectivity index (χ3v) is 6.14. The number of fused-ring (bicyclic) bond motifs is 3. The first-order valence-electron chi connectivity index (χ1n) is 8.80. The van der Waals surface area contributed by atoms with Crippen molar-refractivity contribution < 1.29 is 4.79 Å². The number of hydrogen-bond donors (Lipinski definition) is 3. The number of aryl methyl sites for hydroxylation is 1. The van der Waals surface area contributed by atoms with Gasteiger partial charge < -0.3 is 11.1 Å². The van der Waals surface area contributed by atoms with Crippen LogP contribution < -0.4 is 11.1 Å². The molecule has 0 spiro atoms. The second kappa shape index (κ2) is 5.69. The van der Waals surface area contributed by atoms with Crippen LogP contribution in [0, 0.1) is 17.8 Å². The molecule has 0 saturated heterocycles. The van der Waals surface area contributed by atoms with Crippen molar-refractivity contribution in [2.24, 2.45) is 23.5 Å². The van der Waals surface area contributed by atoms with Gasteiger partial charge in [-0.15, -0.1) is 0 Å². The Kier molecular flexibility index (Phi) is 3.68. The smallest absolute Gasteiger partial charge is 0.223 e. The monoisotopic (exact) mass is 302 g/mol. The fourth-order valence-electron chi connectivity index (χ4n) is 4.90. The summed E-state index contributed by atoms with van der Waals surface area (Å²) in [6.07, 6.45) is 10.8. The van der Waals surface area contributed by atoms with Crippen molar-refractivity contribution in [1.82, 2.24) is 15.5 Å². The molecule has 2 bridgehead atoms. The van der Waals surface area contributed by atoms with Gasteiger partial charge in [0, 0.05) is 12.0 Å². The fourth-order valence-corrected chi connectivity index (χ4v) is 4.90. The minimum Gasteiger partial charge on any atom is -0.348 e. The average Bonchev–Trinajstić information content (AvgIpc) is 2.96. The van der Waals surface area contributed by atoms with Crippen LogP contribution in [0.1, 0.15) is 62.2 Å². The Morgan fingerprint density at radius 3 is 2.77 bits per heavy atom. The largest absolute Gasteiger partial charge is 0.348 e. The van der Waals surface area contributed by atoms with Gasteiger partial charge in [-0.3, -0.25) is 9.89 Å². The van der Waals surface area contributed by atoms with E-state index in [2.05, 4.69) is 15.5 Å². The van der Waals surface area contributed by atoms with E-state index >= 15 is 0 Å². The Balaban J connectivity index is 1.43. The lowest BCUT2D eigenvalue weighted by molar-refractivity contribution is -0.128. The lowest BCUT2D eigenvalue weighted by atomic mass is 9.65. The highest BCUT2D eigenvalue weighted by atomic mass is 16.1. The highest BCUT2D eigenvalue weighted by Gasteiger charge is 2.41. The van der Waals surface area contributed by atoms with Crippen molar-refractivity contribution in [3.8, 4) is 0 Å². The van der Waals surface area contributed by atoms with Crippen LogP contribution in [0.25, 0.3) is 0 Å². The van der Waals surface area contributed by atoms with Gasteiger partial charge >= 0.3 is 0 Å². The number of nitrogens with two attached hydrogens (primary N) is 1. The molecule has 5 nitrogen and oxygen atoms in total. The number of aromatic nitrogens is 2. The van der Waals surface area contributed by atoms with E-state index in [1.54, 1.807) is 0 Å². The van der Waals surface area contributed by atoms with E-state index in [9.17, 15) is 4.79 Å². The van der Waals surface area contributed by atoms with Crippen LogP contribution in [-0.2, 0) is 11.2 Å². The summed E-state index contributed by atoms with van der Waals surface area (Å²) in [6, 6.07) is 0.445. The molecule has 3 aliphatic carbocycles. The number of nitrogens with zero attached hydrogens (tertiary/aromatic N) is 1.